The number of amides is 1. The molecule has 1 N–H and O–H groups in total. The number of hydrogen-bond acceptors (Lipinski definition) is 4. The lowest BCUT2D eigenvalue weighted by Crippen LogP contribution is -2.27. The van der Waals surface area contributed by atoms with Gasteiger partial charge in [-0.2, -0.15) is 0 Å². The molecule has 0 aromatic heterocycles. The van der Waals surface area contributed by atoms with E-state index in [1.807, 2.05) is 0 Å². The molecule has 1 heterocycles. The van der Waals surface area contributed by atoms with Crippen molar-refractivity contribution >= 4 is 17.7 Å². The minimum Gasteiger partial charge on any atom is -0.391 e. The Morgan fingerprint density at radius 1 is 1.53 bits per heavy atom. The summed E-state index contributed by atoms with van der Waals surface area (Å²) in [6, 6.07) is 6.07. The van der Waals surface area contributed by atoms with Crippen molar-refractivity contribution in [3.63, 3.8) is 0 Å². The number of rotatable bonds is 3. The number of hydrogen-bond donors (Lipinski definition) is 1. The van der Waals surface area contributed by atoms with Crippen molar-refractivity contribution in [1.82, 2.24) is 4.90 Å². The summed E-state index contributed by atoms with van der Waals surface area (Å²) in [5.74, 6) is -0.192. The monoisotopic (exact) mass is 262 g/mol. The van der Waals surface area contributed by atoms with Crippen LogP contribution in [0.4, 0.5) is 5.69 Å². The quantitative estimate of drug-likeness (QED) is 0.504. The van der Waals surface area contributed by atoms with Crippen LogP contribution in [0.5, 0.6) is 0 Å². The highest BCUT2D eigenvalue weighted by Crippen LogP contribution is 2.15. The second-order valence-electron chi connectivity index (χ2n) is 4.41. The molecule has 1 aliphatic heterocycles. The second-order valence-corrected chi connectivity index (χ2v) is 4.41. The zero-order chi connectivity index (χ0) is 13.8. The van der Waals surface area contributed by atoms with Crippen LogP contribution in [0, 0.1) is 10.1 Å². The Hall–Kier alpha value is -2.21. The smallest absolute Gasteiger partial charge is 0.270 e. The third-order valence-corrected chi connectivity index (χ3v) is 2.97. The molecule has 1 aliphatic rings. The molecule has 1 fully saturated rings. The van der Waals surface area contributed by atoms with E-state index in [9.17, 15) is 20.0 Å². The third kappa shape index (κ3) is 3.38. The van der Waals surface area contributed by atoms with Gasteiger partial charge in [-0.1, -0.05) is 12.1 Å². The van der Waals surface area contributed by atoms with Crippen LogP contribution in [0.1, 0.15) is 12.0 Å². The number of non-ortho nitro benzene ring substituents is 1. The average Bonchev–Trinajstić information content (AvgIpc) is 2.83. The van der Waals surface area contributed by atoms with Gasteiger partial charge in [0.25, 0.3) is 5.69 Å². The molecule has 0 bridgehead atoms. The number of likely N-dealkylation sites (tertiary alicyclic amines) is 1. The summed E-state index contributed by atoms with van der Waals surface area (Å²) < 4.78 is 0. The first-order valence-electron chi connectivity index (χ1n) is 5.96. The van der Waals surface area contributed by atoms with Gasteiger partial charge in [0.05, 0.1) is 11.0 Å². The molecular weight excluding hydrogens is 248 g/mol. The van der Waals surface area contributed by atoms with Crippen LogP contribution in [-0.2, 0) is 4.79 Å². The van der Waals surface area contributed by atoms with Crippen LogP contribution in [0.2, 0.25) is 0 Å². The fourth-order valence-electron chi connectivity index (χ4n) is 1.96. The first-order chi connectivity index (χ1) is 9.06. The highest BCUT2D eigenvalue weighted by molar-refractivity contribution is 5.92. The minimum absolute atomic E-state index is 0.00815. The molecule has 1 aromatic rings. The zero-order valence-corrected chi connectivity index (χ0v) is 10.2. The number of nitro benzene ring substituents is 1. The number of β-amino-alcohol motifs (C(OH)–C–C–N with tert-alkyl or cyclic N) is 1. The second kappa shape index (κ2) is 5.62. The standard InChI is InChI=1S/C13H14N2O4/c16-12-6-7-14(9-12)13(17)5-4-10-2-1-3-11(8-10)15(18)19/h1-5,8,12,16H,6-7,9H2/t12-/m1/s1. The van der Waals surface area contributed by atoms with Crippen LogP contribution in [-0.4, -0.2) is 40.0 Å². The van der Waals surface area contributed by atoms with E-state index in [0.29, 0.717) is 25.1 Å². The lowest BCUT2D eigenvalue weighted by Gasteiger charge is -2.12. The minimum atomic E-state index is -0.476. The number of benzene rings is 1. The van der Waals surface area contributed by atoms with Gasteiger partial charge in [-0.15, -0.1) is 0 Å². The Bertz CT molecular complexity index is 527. The van der Waals surface area contributed by atoms with Gasteiger partial charge in [-0.3, -0.25) is 14.9 Å². The summed E-state index contributed by atoms with van der Waals surface area (Å²) >= 11 is 0. The Kier molecular flexibility index (Phi) is 3.91. The van der Waals surface area contributed by atoms with Gasteiger partial charge in [0.2, 0.25) is 5.91 Å². The van der Waals surface area contributed by atoms with Crippen molar-refractivity contribution in [2.24, 2.45) is 0 Å². The molecule has 6 heteroatoms. The molecule has 1 atom stereocenters. The highest BCUT2D eigenvalue weighted by Gasteiger charge is 2.22. The third-order valence-electron chi connectivity index (χ3n) is 2.97. The summed E-state index contributed by atoms with van der Waals surface area (Å²) in [5, 5.41) is 20.0. The van der Waals surface area contributed by atoms with Gasteiger partial charge >= 0.3 is 0 Å². The molecule has 1 saturated heterocycles. The first-order valence-corrected chi connectivity index (χ1v) is 5.96. The Labute approximate surface area is 110 Å². The molecule has 0 radical (unpaired) electrons. The lowest BCUT2D eigenvalue weighted by atomic mass is 10.2. The topological polar surface area (TPSA) is 83.7 Å². The van der Waals surface area contributed by atoms with Gasteiger partial charge in [0, 0.05) is 31.3 Å². The summed E-state index contributed by atoms with van der Waals surface area (Å²) in [5.41, 5.74) is 0.591. The van der Waals surface area contributed by atoms with Crippen LogP contribution < -0.4 is 0 Å². The number of carbonyl (C=O) groups is 1. The molecule has 0 aliphatic carbocycles. The van der Waals surface area contributed by atoms with Crippen LogP contribution in [0.15, 0.2) is 30.3 Å². The maximum absolute atomic E-state index is 11.8. The zero-order valence-electron chi connectivity index (χ0n) is 10.2. The number of aliphatic hydroxyl groups is 1. The highest BCUT2D eigenvalue weighted by atomic mass is 16.6. The average molecular weight is 262 g/mol. The Morgan fingerprint density at radius 3 is 2.95 bits per heavy atom. The SMILES string of the molecule is O=C(C=Cc1cccc([N+](=O)[O-])c1)N1CC[C@@H](O)C1. The van der Waals surface area contributed by atoms with Crippen molar-refractivity contribution in [2.75, 3.05) is 13.1 Å². The molecule has 0 saturated carbocycles. The van der Waals surface area contributed by atoms with Gasteiger partial charge in [0.1, 0.15) is 0 Å². The number of aliphatic hydroxyl groups excluding tert-OH is 1. The van der Waals surface area contributed by atoms with E-state index in [1.165, 1.54) is 18.2 Å². The van der Waals surface area contributed by atoms with Gasteiger partial charge in [0.15, 0.2) is 0 Å². The van der Waals surface area contributed by atoms with Gasteiger partial charge < -0.3 is 10.0 Å². The fourth-order valence-corrected chi connectivity index (χ4v) is 1.96. The van der Waals surface area contributed by atoms with E-state index >= 15 is 0 Å². The number of nitro groups is 1. The van der Waals surface area contributed by atoms with Crippen LogP contribution in [0.25, 0.3) is 6.08 Å². The molecule has 0 spiro atoms. The predicted octanol–water partition coefficient (Wildman–Crippen LogP) is 1.20. The van der Waals surface area contributed by atoms with Crippen LogP contribution >= 0.6 is 0 Å². The van der Waals surface area contributed by atoms with Gasteiger partial charge in [-0.25, -0.2) is 0 Å². The van der Waals surface area contributed by atoms with Crippen molar-refractivity contribution < 1.29 is 14.8 Å². The van der Waals surface area contributed by atoms with Crippen molar-refractivity contribution in [3.05, 3.63) is 46.0 Å². The maximum Gasteiger partial charge on any atom is 0.270 e. The van der Waals surface area contributed by atoms with Crippen LogP contribution in [0.3, 0.4) is 0 Å². The van der Waals surface area contributed by atoms with E-state index in [-0.39, 0.29) is 11.6 Å². The summed E-state index contributed by atoms with van der Waals surface area (Å²) in [4.78, 5) is 23.5. The summed E-state index contributed by atoms with van der Waals surface area (Å²) in [6.45, 7) is 0.886. The summed E-state index contributed by atoms with van der Waals surface area (Å²) in [7, 11) is 0. The molecule has 19 heavy (non-hydrogen) atoms. The van der Waals surface area contributed by atoms with E-state index in [4.69, 9.17) is 0 Å². The van der Waals surface area contributed by atoms with E-state index in [1.54, 1.807) is 23.1 Å². The molecule has 6 nitrogen and oxygen atoms in total. The van der Waals surface area contributed by atoms with Gasteiger partial charge in [-0.05, 0) is 18.1 Å². The van der Waals surface area contributed by atoms with E-state index in [2.05, 4.69) is 0 Å². The fraction of sp³-hybridized carbons (Fsp3) is 0.308. The molecule has 1 aromatic carbocycles. The molecular formula is C13H14N2O4. The Morgan fingerprint density at radius 2 is 2.32 bits per heavy atom. The molecule has 0 unspecified atom stereocenters. The number of carbonyl (C=O) groups excluding carboxylic acids is 1. The van der Waals surface area contributed by atoms with E-state index in [0.717, 1.165) is 0 Å². The normalized spacial score (nSPS) is 19.0. The van der Waals surface area contributed by atoms with Crippen molar-refractivity contribution in [2.45, 2.75) is 12.5 Å². The summed E-state index contributed by atoms with van der Waals surface area (Å²) in [6.07, 6.45) is 3.06. The molecule has 1 amide bonds. The first kappa shape index (κ1) is 13.2. The van der Waals surface area contributed by atoms with Crippen molar-refractivity contribution in [3.8, 4) is 0 Å². The lowest BCUT2D eigenvalue weighted by molar-refractivity contribution is -0.384. The Balaban J connectivity index is 2.04. The largest absolute Gasteiger partial charge is 0.391 e. The molecule has 2 rings (SSSR count). The maximum atomic E-state index is 11.8. The number of nitrogens with zero attached hydrogens (tertiary/aromatic N) is 2. The molecule has 100 valence electrons. The van der Waals surface area contributed by atoms with E-state index < -0.39 is 11.0 Å². The predicted molar refractivity (Wildman–Crippen MR) is 69.3 cm³/mol. The van der Waals surface area contributed by atoms with Crippen molar-refractivity contribution in [1.29, 1.82) is 0 Å².